The maximum Gasteiger partial charge on any atom is 0.338 e. The highest BCUT2D eigenvalue weighted by atomic mass is 16.8. The minimum atomic E-state index is -1.38. The van der Waals surface area contributed by atoms with Crippen molar-refractivity contribution in [3.8, 4) is 11.5 Å². The number of rotatable bonds is 7. The molecule has 2 atom stereocenters. The number of carbonyl (C=O) groups is 1. The van der Waals surface area contributed by atoms with Crippen molar-refractivity contribution in [2.24, 2.45) is 0 Å². The summed E-state index contributed by atoms with van der Waals surface area (Å²) in [5.74, 6) is -2.73. The van der Waals surface area contributed by atoms with E-state index >= 15 is 0 Å². The van der Waals surface area contributed by atoms with Crippen molar-refractivity contribution in [2.75, 3.05) is 14.2 Å². The SMILES string of the molecule is COc1ccc(C(C2=C([O-])OC(C)(C)OC2=O)C(c2ccc3ccccc3n2)[n+]2ccccc2)cc1OC. The average Bonchev–Trinajstić information content (AvgIpc) is 2.91. The highest BCUT2D eigenvalue weighted by molar-refractivity contribution is 5.91. The third kappa shape index (κ3) is 4.72. The van der Waals surface area contributed by atoms with Crippen molar-refractivity contribution in [1.29, 1.82) is 0 Å². The van der Waals surface area contributed by atoms with Crippen LogP contribution in [0.15, 0.2) is 96.7 Å². The predicted octanol–water partition coefficient (Wildman–Crippen LogP) is 3.79. The molecule has 8 nitrogen and oxygen atoms in total. The van der Waals surface area contributed by atoms with E-state index in [0.717, 1.165) is 10.9 Å². The molecule has 8 heteroatoms. The molecule has 2 aromatic heterocycles. The van der Waals surface area contributed by atoms with E-state index in [0.29, 0.717) is 22.8 Å². The quantitative estimate of drug-likeness (QED) is 0.275. The molecule has 0 aliphatic carbocycles. The molecule has 1 aliphatic rings. The van der Waals surface area contributed by atoms with Gasteiger partial charge in [-0.2, -0.15) is 4.57 Å². The van der Waals surface area contributed by atoms with Gasteiger partial charge in [0.25, 0.3) is 0 Å². The van der Waals surface area contributed by atoms with Gasteiger partial charge in [0.05, 0.1) is 37.2 Å². The van der Waals surface area contributed by atoms with Crippen LogP contribution in [0.25, 0.3) is 10.9 Å². The summed E-state index contributed by atoms with van der Waals surface area (Å²) in [5, 5.41) is 14.4. The van der Waals surface area contributed by atoms with Gasteiger partial charge >= 0.3 is 5.97 Å². The Bertz CT molecular complexity index is 1520. The van der Waals surface area contributed by atoms with E-state index in [-0.39, 0.29) is 5.57 Å². The molecule has 2 unspecified atom stereocenters. The number of para-hydroxylation sites is 1. The number of fused-ring (bicyclic) bond motifs is 1. The molecule has 2 aromatic carbocycles. The van der Waals surface area contributed by atoms with Crippen molar-refractivity contribution in [2.45, 2.75) is 31.6 Å². The van der Waals surface area contributed by atoms with E-state index in [1.54, 1.807) is 25.3 Å². The molecule has 1 aliphatic heterocycles. The lowest BCUT2D eigenvalue weighted by molar-refractivity contribution is -0.716. The zero-order valence-electron chi connectivity index (χ0n) is 21.6. The van der Waals surface area contributed by atoms with E-state index in [2.05, 4.69) is 0 Å². The van der Waals surface area contributed by atoms with Crippen molar-refractivity contribution in [3.05, 3.63) is 108 Å². The van der Waals surface area contributed by atoms with Crippen molar-refractivity contribution >= 4 is 16.9 Å². The number of cyclic esters (lactones) is 1. The van der Waals surface area contributed by atoms with Crippen LogP contribution in [-0.4, -0.2) is 31.0 Å². The molecule has 3 heterocycles. The minimum Gasteiger partial charge on any atom is -0.575 e. The molecule has 38 heavy (non-hydrogen) atoms. The number of benzene rings is 2. The normalized spacial score (nSPS) is 16.4. The number of pyridine rings is 2. The second-order valence-electron chi connectivity index (χ2n) is 9.38. The monoisotopic (exact) mass is 512 g/mol. The smallest absolute Gasteiger partial charge is 0.338 e. The van der Waals surface area contributed by atoms with E-state index in [9.17, 15) is 9.90 Å². The maximum atomic E-state index is 13.4. The number of ether oxygens (including phenoxy) is 4. The molecule has 4 aromatic rings. The Labute approximate surface area is 220 Å². The summed E-state index contributed by atoms with van der Waals surface area (Å²) in [6.45, 7) is 3.05. The van der Waals surface area contributed by atoms with Crippen LogP contribution in [0, 0.1) is 0 Å². The molecule has 0 N–H and O–H groups in total. The lowest BCUT2D eigenvalue weighted by atomic mass is 9.82. The number of methoxy groups -OCH3 is 2. The lowest BCUT2D eigenvalue weighted by Crippen LogP contribution is -2.48. The van der Waals surface area contributed by atoms with E-state index in [4.69, 9.17) is 23.9 Å². The molecular formula is C30H28N2O6. The topological polar surface area (TPSA) is 93.8 Å². The second kappa shape index (κ2) is 10.0. The number of aromatic nitrogens is 2. The third-order valence-corrected chi connectivity index (χ3v) is 6.49. The fourth-order valence-corrected chi connectivity index (χ4v) is 4.81. The Kier molecular flexibility index (Phi) is 6.63. The fraction of sp³-hybridized carbons (Fsp3) is 0.233. The first kappa shape index (κ1) is 25.1. The summed E-state index contributed by atoms with van der Waals surface area (Å²) in [6, 6.07) is 22.0. The Morgan fingerprint density at radius 2 is 1.63 bits per heavy atom. The molecule has 0 amide bonds. The van der Waals surface area contributed by atoms with Gasteiger partial charge in [-0.1, -0.05) is 36.4 Å². The van der Waals surface area contributed by atoms with Gasteiger partial charge in [-0.05, 0) is 43.7 Å². The van der Waals surface area contributed by atoms with E-state index < -0.39 is 29.7 Å². The third-order valence-electron chi connectivity index (χ3n) is 6.49. The van der Waals surface area contributed by atoms with Crippen molar-refractivity contribution < 1.29 is 33.4 Å². The van der Waals surface area contributed by atoms with Crippen LogP contribution < -0.4 is 19.1 Å². The fourth-order valence-electron chi connectivity index (χ4n) is 4.81. The highest BCUT2D eigenvalue weighted by Gasteiger charge is 2.43. The first-order valence-electron chi connectivity index (χ1n) is 12.2. The van der Waals surface area contributed by atoms with Gasteiger partial charge in [-0.25, -0.2) is 9.78 Å². The summed E-state index contributed by atoms with van der Waals surface area (Å²) in [7, 11) is 3.08. The standard InChI is InChI=1S/C30H28N2O6/c1-30(2)37-28(33)26(29(34)38-30)25(20-13-15-23(35-3)24(18-20)36-4)27(32-16-8-5-9-17-32)22-14-12-19-10-6-7-11-21(19)31-22/h5-18,25,27H,1-4H3. The number of hydrogen-bond acceptors (Lipinski definition) is 7. The molecule has 5 rings (SSSR count). The summed E-state index contributed by atoms with van der Waals surface area (Å²) in [5.41, 5.74) is 1.94. The van der Waals surface area contributed by atoms with Crippen LogP contribution >= 0.6 is 0 Å². The molecule has 0 fully saturated rings. The lowest BCUT2D eigenvalue weighted by Gasteiger charge is -2.41. The Morgan fingerprint density at radius 1 is 0.895 bits per heavy atom. The largest absolute Gasteiger partial charge is 0.575 e. The Morgan fingerprint density at radius 3 is 2.34 bits per heavy atom. The predicted molar refractivity (Wildman–Crippen MR) is 137 cm³/mol. The van der Waals surface area contributed by atoms with Crippen LogP contribution in [0.3, 0.4) is 0 Å². The van der Waals surface area contributed by atoms with Gasteiger partial charge in [0.15, 0.2) is 29.7 Å². The molecule has 194 valence electrons. The summed E-state index contributed by atoms with van der Waals surface area (Å²) in [6.07, 6.45) is 3.75. The highest BCUT2D eigenvalue weighted by Crippen LogP contribution is 2.43. The summed E-state index contributed by atoms with van der Waals surface area (Å²) >= 11 is 0. The van der Waals surface area contributed by atoms with Gasteiger partial charge < -0.3 is 24.1 Å². The van der Waals surface area contributed by atoms with E-state index in [1.807, 2.05) is 71.6 Å². The number of nitrogens with zero attached hydrogens (tertiary/aromatic N) is 2. The minimum absolute atomic E-state index is 0.132. The maximum absolute atomic E-state index is 13.4. The van der Waals surface area contributed by atoms with Gasteiger partial charge in [-0.15, -0.1) is 0 Å². The molecule has 0 saturated heterocycles. The molecule has 0 saturated carbocycles. The van der Waals surface area contributed by atoms with Gasteiger partial charge in [-0.3, -0.25) is 0 Å². The van der Waals surface area contributed by atoms with Gasteiger partial charge in [0.1, 0.15) is 5.69 Å². The summed E-state index contributed by atoms with van der Waals surface area (Å²) < 4.78 is 24.0. The van der Waals surface area contributed by atoms with Crippen LogP contribution in [0.1, 0.15) is 37.1 Å². The molecule has 0 spiro atoms. The number of hydrogen-bond donors (Lipinski definition) is 0. The number of esters is 1. The molecular weight excluding hydrogens is 484 g/mol. The van der Waals surface area contributed by atoms with Crippen molar-refractivity contribution in [3.63, 3.8) is 0 Å². The van der Waals surface area contributed by atoms with Gasteiger partial charge in [0.2, 0.25) is 6.04 Å². The van der Waals surface area contributed by atoms with E-state index in [1.165, 1.54) is 21.0 Å². The first-order valence-corrected chi connectivity index (χ1v) is 12.2. The van der Waals surface area contributed by atoms with Crippen LogP contribution in [0.5, 0.6) is 11.5 Å². The van der Waals surface area contributed by atoms with Crippen LogP contribution in [0.2, 0.25) is 0 Å². The number of carbonyl (C=O) groups excluding carboxylic acids is 1. The Hall–Kier alpha value is -4.59. The Balaban J connectivity index is 1.80. The second-order valence-corrected chi connectivity index (χ2v) is 9.38. The van der Waals surface area contributed by atoms with Crippen LogP contribution in [0.4, 0.5) is 0 Å². The zero-order chi connectivity index (χ0) is 26.9. The van der Waals surface area contributed by atoms with Crippen molar-refractivity contribution in [1.82, 2.24) is 4.98 Å². The average molecular weight is 513 g/mol. The zero-order valence-corrected chi connectivity index (χ0v) is 21.6. The summed E-state index contributed by atoms with van der Waals surface area (Å²) in [4.78, 5) is 18.4. The van der Waals surface area contributed by atoms with Crippen LogP contribution in [-0.2, 0) is 14.3 Å². The first-order chi connectivity index (χ1) is 18.3. The molecule has 0 radical (unpaired) electrons. The molecule has 0 bridgehead atoms. The van der Waals surface area contributed by atoms with Gasteiger partial charge in [0, 0.05) is 17.5 Å².